The fourth-order valence-corrected chi connectivity index (χ4v) is 1.92. The fraction of sp³-hybridized carbons (Fsp3) is 0.250. The van der Waals surface area contributed by atoms with Crippen molar-refractivity contribution in [1.29, 1.82) is 0 Å². The number of nitro benzene ring substituents is 1. The number of nitro groups is 1. The van der Waals surface area contributed by atoms with Crippen LogP contribution >= 0.6 is 11.6 Å². The van der Waals surface area contributed by atoms with Crippen LogP contribution in [0.4, 0.5) is 11.4 Å². The van der Waals surface area contributed by atoms with Crippen LogP contribution in [0.2, 0.25) is 5.02 Å². The lowest BCUT2D eigenvalue weighted by molar-refractivity contribution is -0.384. The molecule has 0 saturated heterocycles. The Bertz CT molecular complexity index is 597. The molecule has 0 fully saturated rings. The smallest absolute Gasteiger partial charge is 0.292 e. The molecule has 100 valence electrons. The zero-order valence-electron chi connectivity index (χ0n) is 10.3. The van der Waals surface area contributed by atoms with E-state index in [1.54, 1.807) is 16.9 Å². The second-order valence-electron chi connectivity index (χ2n) is 4.12. The van der Waals surface area contributed by atoms with Crippen molar-refractivity contribution in [2.75, 3.05) is 11.9 Å². The number of nitrogens with zero attached hydrogens (tertiary/aromatic N) is 3. The molecule has 1 aromatic carbocycles. The zero-order chi connectivity index (χ0) is 13.8. The quantitative estimate of drug-likeness (QED) is 0.675. The van der Waals surface area contributed by atoms with E-state index < -0.39 is 4.92 Å². The van der Waals surface area contributed by atoms with Gasteiger partial charge in [-0.05, 0) is 24.1 Å². The molecule has 19 heavy (non-hydrogen) atoms. The van der Waals surface area contributed by atoms with Crippen molar-refractivity contribution in [3.63, 3.8) is 0 Å². The van der Waals surface area contributed by atoms with Crippen molar-refractivity contribution in [2.45, 2.75) is 6.42 Å². The zero-order valence-corrected chi connectivity index (χ0v) is 11.1. The summed E-state index contributed by atoms with van der Waals surface area (Å²) in [6, 6.07) is 4.46. The number of anilines is 1. The lowest BCUT2D eigenvalue weighted by atomic mass is 10.2. The summed E-state index contributed by atoms with van der Waals surface area (Å²) < 4.78 is 1.72. The van der Waals surface area contributed by atoms with Crippen LogP contribution in [0, 0.1) is 10.1 Å². The summed E-state index contributed by atoms with van der Waals surface area (Å²) in [6.07, 6.45) is 4.42. The normalized spacial score (nSPS) is 10.4. The summed E-state index contributed by atoms with van der Waals surface area (Å²) in [5.74, 6) is 0. The largest absolute Gasteiger partial charge is 0.379 e. The van der Waals surface area contributed by atoms with E-state index in [-0.39, 0.29) is 5.69 Å². The standard InChI is InChI=1S/C12H13ClN4O2/c1-16-8-9(7-15-16)4-5-14-11-6-10(13)2-3-12(11)17(18)19/h2-3,6-8,14H,4-5H2,1H3. The Kier molecular flexibility index (Phi) is 4.01. The number of hydrogen-bond donors (Lipinski definition) is 1. The molecule has 2 rings (SSSR count). The second kappa shape index (κ2) is 5.71. The van der Waals surface area contributed by atoms with Gasteiger partial charge in [-0.25, -0.2) is 0 Å². The summed E-state index contributed by atoms with van der Waals surface area (Å²) in [5, 5.41) is 18.4. The van der Waals surface area contributed by atoms with Gasteiger partial charge in [-0.15, -0.1) is 0 Å². The second-order valence-corrected chi connectivity index (χ2v) is 4.55. The van der Waals surface area contributed by atoms with E-state index in [1.807, 2.05) is 13.2 Å². The summed E-state index contributed by atoms with van der Waals surface area (Å²) in [7, 11) is 1.85. The molecule has 0 saturated carbocycles. The molecule has 1 heterocycles. The molecular formula is C12H13ClN4O2. The van der Waals surface area contributed by atoms with Gasteiger partial charge in [0.1, 0.15) is 5.69 Å². The van der Waals surface area contributed by atoms with Crippen LogP contribution in [0.1, 0.15) is 5.56 Å². The minimum absolute atomic E-state index is 0.0237. The molecule has 7 heteroatoms. The van der Waals surface area contributed by atoms with Crippen molar-refractivity contribution in [1.82, 2.24) is 9.78 Å². The predicted molar refractivity (Wildman–Crippen MR) is 73.5 cm³/mol. The third-order valence-corrected chi connectivity index (χ3v) is 2.88. The van der Waals surface area contributed by atoms with Crippen molar-refractivity contribution in [3.05, 3.63) is 51.3 Å². The molecule has 0 aliphatic rings. The first-order chi connectivity index (χ1) is 9.06. The molecule has 0 aliphatic carbocycles. The van der Waals surface area contributed by atoms with E-state index in [1.165, 1.54) is 12.1 Å². The molecule has 0 unspecified atom stereocenters. The first kappa shape index (κ1) is 13.4. The van der Waals surface area contributed by atoms with Gasteiger partial charge < -0.3 is 5.32 Å². The van der Waals surface area contributed by atoms with Gasteiger partial charge in [0.15, 0.2) is 0 Å². The SMILES string of the molecule is Cn1cc(CCNc2cc(Cl)ccc2[N+](=O)[O-])cn1. The molecule has 0 aliphatic heterocycles. The molecule has 0 spiro atoms. The Hall–Kier alpha value is -2.08. The number of aromatic nitrogens is 2. The summed E-state index contributed by atoms with van der Waals surface area (Å²) in [6.45, 7) is 0.576. The average molecular weight is 281 g/mol. The Morgan fingerprint density at radius 1 is 1.53 bits per heavy atom. The maximum Gasteiger partial charge on any atom is 0.292 e. The summed E-state index contributed by atoms with van der Waals surface area (Å²) in [4.78, 5) is 10.5. The monoisotopic (exact) mass is 280 g/mol. The van der Waals surface area contributed by atoms with Gasteiger partial charge in [0.25, 0.3) is 5.69 Å². The van der Waals surface area contributed by atoms with Crippen LogP contribution in [-0.4, -0.2) is 21.2 Å². The minimum Gasteiger partial charge on any atom is -0.379 e. The lowest BCUT2D eigenvalue weighted by Gasteiger charge is -2.06. The van der Waals surface area contributed by atoms with Crippen LogP contribution in [0.25, 0.3) is 0 Å². The minimum atomic E-state index is -0.428. The van der Waals surface area contributed by atoms with Crippen LogP contribution in [0.3, 0.4) is 0 Å². The Morgan fingerprint density at radius 2 is 2.32 bits per heavy atom. The third-order valence-electron chi connectivity index (χ3n) is 2.64. The van der Waals surface area contributed by atoms with Crippen molar-refractivity contribution in [2.24, 2.45) is 7.05 Å². The summed E-state index contributed by atoms with van der Waals surface area (Å²) >= 11 is 5.84. The van der Waals surface area contributed by atoms with E-state index in [4.69, 9.17) is 11.6 Å². The Morgan fingerprint density at radius 3 is 2.95 bits per heavy atom. The maximum absolute atomic E-state index is 10.9. The Labute approximate surface area is 115 Å². The highest BCUT2D eigenvalue weighted by Gasteiger charge is 2.13. The fourth-order valence-electron chi connectivity index (χ4n) is 1.75. The molecule has 1 N–H and O–H groups in total. The molecule has 6 nitrogen and oxygen atoms in total. The highest BCUT2D eigenvalue weighted by Crippen LogP contribution is 2.27. The van der Waals surface area contributed by atoms with E-state index in [0.717, 1.165) is 12.0 Å². The molecule has 0 atom stereocenters. The Balaban J connectivity index is 2.02. The number of hydrogen-bond acceptors (Lipinski definition) is 4. The van der Waals surface area contributed by atoms with Crippen molar-refractivity contribution >= 4 is 23.0 Å². The van der Waals surface area contributed by atoms with Gasteiger partial charge in [-0.2, -0.15) is 5.10 Å². The number of nitrogens with one attached hydrogen (secondary N) is 1. The van der Waals surface area contributed by atoms with Crippen molar-refractivity contribution in [3.8, 4) is 0 Å². The highest BCUT2D eigenvalue weighted by molar-refractivity contribution is 6.31. The molecule has 0 amide bonds. The van der Waals surface area contributed by atoms with Gasteiger partial charge in [-0.1, -0.05) is 11.6 Å². The predicted octanol–water partition coefficient (Wildman–Crippen LogP) is 2.64. The topological polar surface area (TPSA) is 73.0 Å². The third kappa shape index (κ3) is 3.45. The van der Waals surface area contributed by atoms with Crippen LogP contribution < -0.4 is 5.32 Å². The van der Waals surface area contributed by atoms with Gasteiger partial charge in [-0.3, -0.25) is 14.8 Å². The first-order valence-electron chi connectivity index (χ1n) is 5.71. The van der Waals surface area contributed by atoms with E-state index >= 15 is 0 Å². The maximum atomic E-state index is 10.9. The van der Waals surface area contributed by atoms with Gasteiger partial charge in [0, 0.05) is 30.9 Å². The van der Waals surface area contributed by atoms with Gasteiger partial charge >= 0.3 is 0 Å². The number of rotatable bonds is 5. The van der Waals surface area contributed by atoms with Crippen molar-refractivity contribution < 1.29 is 4.92 Å². The van der Waals surface area contributed by atoms with E-state index in [2.05, 4.69) is 10.4 Å². The molecular weight excluding hydrogens is 268 g/mol. The first-order valence-corrected chi connectivity index (χ1v) is 6.09. The lowest BCUT2D eigenvalue weighted by Crippen LogP contribution is -2.06. The molecule has 1 aromatic heterocycles. The molecule has 0 bridgehead atoms. The van der Waals surface area contributed by atoms with Gasteiger partial charge in [0.05, 0.1) is 11.1 Å². The molecule has 0 radical (unpaired) electrons. The van der Waals surface area contributed by atoms with E-state index in [0.29, 0.717) is 17.3 Å². The van der Waals surface area contributed by atoms with Crippen LogP contribution in [0.5, 0.6) is 0 Å². The molecule has 2 aromatic rings. The van der Waals surface area contributed by atoms with Crippen LogP contribution in [-0.2, 0) is 13.5 Å². The number of aryl methyl sites for hydroxylation is 1. The number of halogens is 1. The highest BCUT2D eigenvalue weighted by atomic mass is 35.5. The van der Waals surface area contributed by atoms with E-state index in [9.17, 15) is 10.1 Å². The van der Waals surface area contributed by atoms with Gasteiger partial charge in [0.2, 0.25) is 0 Å². The summed E-state index contributed by atoms with van der Waals surface area (Å²) in [5.41, 5.74) is 1.52. The average Bonchev–Trinajstić information content (AvgIpc) is 2.75. The van der Waals surface area contributed by atoms with Crippen LogP contribution in [0.15, 0.2) is 30.6 Å². The number of benzene rings is 1.